The minimum Gasteiger partial charge on any atom is -0.287 e. The van der Waals surface area contributed by atoms with E-state index in [1.165, 1.54) is 12.1 Å². The number of imide groups is 1. The van der Waals surface area contributed by atoms with E-state index in [9.17, 15) is 28.0 Å². The van der Waals surface area contributed by atoms with Gasteiger partial charge < -0.3 is 0 Å². The lowest BCUT2D eigenvalue weighted by atomic mass is 9.85. The molecule has 0 aliphatic carbocycles. The topological polar surface area (TPSA) is 65.6 Å². The number of anilines is 1. The molecule has 5 rings (SSSR count). The van der Waals surface area contributed by atoms with Gasteiger partial charge in [0.25, 0.3) is 0 Å². The highest BCUT2D eigenvalue weighted by molar-refractivity contribution is 6.22. The van der Waals surface area contributed by atoms with Gasteiger partial charge in [-0.15, -0.1) is 0 Å². The Balaban J connectivity index is 1.61. The van der Waals surface area contributed by atoms with Crippen LogP contribution in [0.3, 0.4) is 0 Å². The van der Waals surface area contributed by atoms with Gasteiger partial charge >= 0.3 is 6.18 Å². The van der Waals surface area contributed by atoms with Crippen LogP contribution in [0.4, 0.5) is 18.9 Å². The third kappa shape index (κ3) is 2.45. The molecule has 2 fully saturated rings. The Hall–Kier alpha value is -3.44. The molecule has 0 aromatic heterocycles. The first kappa shape index (κ1) is 18.6. The lowest BCUT2D eigenvalue weighted by Gasteiger charge is -2.29. The fourth-order valence-corrected chi connectivity index (χ4v) is 4.96. The van der Waals surface area contributed by atoms with Gasteiger partial charge in [0.2, 0.25) is 11.8 Å². The Morgan fingerprint density at radius 2 is 1.73 bits per heavy atom. The molecule has 2 aromatic rings. The Kier molecular flexibility index (Phi) is 3.89. The molecule has 3 aliphatic heterocycles. The monoisotopic (exact) mass is 410 g/mol. The fourth-order valence-electron chi connectivity index (χ4n) is 4.96. The Labute approximate surface area is 169 Å². The van der Waals surface area contributed by atoms with Crippen LogP contribution in [0.5, 0.6) is 0 Å². The maximum Gasteiger partial charge on any atom is 0.416 e. The normalized spacial score (nSPS) is 29.4. The van der Waals surface area contributed by atoms with Crippen molar-refractivity contribution < 1.29 is 27.7 Å². The van der Waals surface area contributed by atoms with E-state index in [0.717, 1.165) is 33.1 Å². The number of quaternary nitrogens is 1. The van der Waals surface area contributed by atoms with Crippen LogP contribution in [0.25, 0.3) is 6.08 Å². The van der Waals surface area contributed by atoms with Crippen LogP contribution in [0.2, 0.25) is 0 Å². The number of rotatable bonds is 1. The van der Waals surface area contributed by atoms with Crippen molar-refractivity contribution in [3.05, 3.63) is 71.4 Å². The van der Waals surface area contributed by atoms with Crippen LogP contribution in [-0.4, -0.2) is 17.9 Å². The summed E-state index contributed by atoms with van der Waals surface area (Å²) in [4.78, 5) is 28.1. The number of nitriles is 1. The van der Waals surface area contributed by atoms with E-state index in [2.05, 4.69) is 6.07 Å². The van der Waals surface area contributed by atoms with Gasteiger partial charge in [-0.05, 0) is 29.8 Å². The van der Waals surface area contributed by atoms with Crippen molar-refractivity contribution in [2.75, 3.05) is 4.90 Å². The van der Waals surface area contributed by atoms with E-state index in [0.29, 0.717) is 0 Å². The van der Waals surface area contributed by atoms with Gasteiger partial charge in [-0.2, -0.15) is 18.4 Å². The van der Waals surface area contributed by atoms with Crippen LogP contribution in [0.1, 0.15) is 22.7 Å². The fraction of sp³-hybridized carbons (Fsp3) is 0.227. The second kappa shape index (κ2) is 6.28. The molecule has 150 valence electrons. The highest BCUT2D eigenvalue weighted by Gasteiger charge is 2.66. The maximum absolute atomic E-state index is 13.4. The summed E-state index contributed by atoms with van der Waals surface area (Å²) >= 11 is 0. The molecule has 5 atom stereocenters. The number of carbonyl (C=O) groups is 2. The molecule has 2 saturated heterocycles. The first-order valence-corrected chi connectivity index (χ1v) is 9.41. The number of carbonyl (C=O) groups excluding carboxylic acids is 2. The number of nitrogens with zero attached hydrogens (tertiary/aromatic N) is 2. The Morgan fingerprint density at radius 1 is 1.00 bits per heavy atom. The molecular formula is C22H15F3N3O2+. The van der Waals surface area contributed by atoms with Crippen molar-refractivity contribution in [3.8, 4) is 6.07 Å². The van der Waals surface area contributed by atoms with Crippen LogP contribution < -0.4 is 9.80 Å². The SMILES string of the molecule is N#C[C@@H]1[C@@H]2C(=O)N(c3cccc(C(F)(F)F)c3)C(=O)[C@@H]2[C@@H]2c3ccccc3C=C[NH+]12. The largest absolute Gasteiger partial charge is 0.416 e. The predicted octanol–water partition coefficient (Wildman–Crippen LogP) is 2.33. The van der Waals surface area contributed by atoms with Gasteiger partial charge in [-0.1, -0.05) is 30.3 Å². The first-order valence-electron chi connectivity index (χ1n) is 9.41. The second-order valence-corrected chi connectivity index (χ2v) is 7.66. The number of amides is 2. The summed E-state index contributed by atoms with van der Waals surface area (Å²) < 4.78 is 39.4. The summed E-state index contributed by atoms with van der Waals surface area (Å²) in [6.07, 6.45) is -0.929. The molecule has 0 bridgehead atoms. The third-order valence-electron chi connectivity index (χ3n) is 6.19. The zero-order valence-electron chi connectivity index (χ0n) is 15.4. The van der Waals surface area contributed by atoms with Crippen molar-refractivity contribution in [1.82, 2.24) is 0 Å². The van der Waals surface area contributed by atoms with Gasteiger partial charge in [0, 0.05) is 5.56 Å². The highest BCUT2D eigenvalue weighted by atomic mass is 19.4. The maximum atomic E-state index is 13.4. The minimum atomic E-state index is -4.60. The number of hydrogen-bond acceptors (Lipinski definition) is 3. The highest BCUT2D eigenvalue weighted by Crippen LogP contribution is 2.45. The van der Waals surface area contributed by atoms with Gasteiger partial charge in [-0.25, -0.2) is 4.90 Å². The molecule has 0 saturated carbocycles. The average molecular weight is 410 g/mol. The van der Waals surface area contributed by atoms with E-state index >= 15 is 0 Å². The van der Waals surface area contributed by atoms with Gasteiger partial charge in [0.15, 0.2) is 6.04 Å². The number of nitrogens with one attached hydrogen (secondary N) is 1. The van der Waals surface area contributed by atoms with Gasteiger partial charge in [-0.3, -0.25) is 14.5 Å². The summed E-state index contributed by atoms with van der Waals surface area (Å²) in [5, 5.41) is 9.78. The standard InChI is InChI=1S/C22H14F3N3O2/c23-22(24,25)13-5-3-6-14(10-13)28-20(29)17-16(11-26)27-9-8-12-4-1-2-7-15(12)19(27)18(17)21(28)30/h1-10,16-19H/p+1/t16-,17+,18+,19+/m1/s1. The summed E-state index contributed by atoms with van der Waals surface area (Å²) in [5.74, 6) is -2.90. The number of hydrogen-bond donors (Lipinski definition) is 1. The van der Waals surface area contributed by atoms with Crippen LogP contribution in [-0.2, 0) is 15.8 Å². The Morgan fingerprint density at radius 3 is 2.47 bits per heavy atom. The number of benzene rings is 2. The molecule has 2 amide bonds. The van der Waals surface area contributed by atoms with Crippen molar-refractivity contribution in [1.29, 1.82) is 5.26 Å². The van der Waals surface area contributed by atoms with Crippen molar-refractivity contribution in [2.24, 2.45) is 11.8 Å². The molecule has 5 nitrogen and oxygen atoms in total. The Bertz CT molecular complexity index is 1150. The first-order chi connectivity index (χ1) is 14.3. The molecule has 2 aromatic carbocycles. The lowest BCUT2D eigenvalue weighted by molar-refractivity contribution is -0.885. The molecule has 3 heterocycles. The van der Waals surface area contributed by atoms with Crippen LogP contribution in [0, 0.1) is 23.2 Å². The molecule has 8 heteroatoms. The molecule has 3 aliphatic rings. The molecule has 1 unspecified atom stereocenters. The van der Waals surface area contributed by atoms with Crippen molar-refractivity contribution >= 4 is 23.6 Å². The minimum absolute atomic E-state index is 0.118. The summed E-state index contributed by atoms with van der Waals surface area (Å²) in [6.45, 7) is 0. The van der Waals surface area contributed by atoms with Crippen molar-refractivity contribution in [2.45, 2.75) is 18.3 Å². The second-order valence-electron chi connectivity index (χ2n) is 7.66. The lowest BCUT2D eigenvalue weighted by Crippen LogP contribution is -3.10. The molecule has 0 spiro atoms. The third-order valence-corrected chi connectivity index (χ3v) is 6.19. The van der Waals surface area contributed by atoms with E-state index < -0.39 is 47.5 Å². The van der Waals surface area contributed by atoms with E-state index in [1.54, 1.807) is 6.20 Å². The number of fused-ring (bicyclic) bond motifs is 5. The average Bonchev–Trinajstić information content (AvgIpc) is 3.20. The molecular weight excluding hydrogens is 395 g/mol. The zero-order valence-corrected chi connectivity index (χ0v) is 15.4. The summed E-state index contributed by atoms with van der Waals surface area (Å²) in [5.41, 5.74) is 0.705. The molecule has 0 radical (unpaired) electrons. The molecule has 30 heavy (non-hydrogen) atoms. The van der Waals surface area contributed by atoms with Gasteiger partial charge in [0.05, 0.1) is 17.5 Å². The molecule has 1 N–H and O–H groups in total. The number of halogens is 3. The summed E-state index contributed by atoms with van der Waals surface area (Å²) in [7, 11) is 0. The van der Waals surface area contributed by atoms with E-state index in [-0.39, 0.29) is 5.69 Å². The van der Waals surface area contributed by atoms with E-state index in [1.807, 2.05) is 30.3 Å². The number of alkyl halides is 3. The quantitative estimate of drug-likeness (QED) is 0.734. The van der Waals surface area contributed by atoms with Gasteiger partial charge in [0.1, 0.15) is 23.9 Å². The van der Waals surface area contributed by atoms with Crippen molar-refractivity contribution in [3.63, 3.8) is 0 Å². The predicted molar refractivity (Wildman–Crippen MR) is 99.5 cm³/mol. The van der Waals surface area contributed by atoms with E-state index in [4.69, 9.17) is 0 Å². The van der Waals surface area contributed by atoms with Crippen LogP contribution in [0.15, 0.2) is 54.7 Å². The van der Waals surface area contributed by atoms with Crippen LogP contribution >= 0.6 is 0 Å². The zero-order chi connectivity index (χ0) is 21.2. The smallest absolute Gasteiger partial charge is 0.287 e. The summed E-state index contributed by atoms with van der Waals surface area (Å²) in [6, 6.07) is 12.5.